The highest BCUT2D eigenvalue weighted by Gasteiger charge is 2.24. The minimum absolute atomic E-state index is 0.00350. The van der Waals surface area contributed by atoms with Crippen molar-refractivity contribution in [2.45, 2.75) is 6.61 Å². The van der Waals surface area contributed by atoms with Crippen molar-refractivity contribution in [3.63, 3.8) is 0 Å². The van der Waals surface area contributed by atoms with Crippen LogP contribution < -0.4 is 10.3 Å². The molecule has 0 spiro atoms. The van der Waals surface area contributed by atoms with Gasteiger partial charge >= 0.3 is 7.82 Å². The first-order valence-corrected chi connectivity index (χ1v) is 11.2. The largest absolute Gasteiger partial charge is 0.527 e. The van der Waals surface area contributed by atoms with E-state index in [9.17, 15) is 14.6 Å². The van der Waals surface area contributed by atoms with E-state index in [1.165, 1.54) is 12.1 Å². The van der Waals surface area contributed by atoms with Gasteiger partial charge in [0.2, 0.25) is 0 Å². The first-order valence-electron chi connectivity index (χ1n) is 9.74. The maximum absolute atomic E-state index is 12.2. The second-order valence-corrected chi connectivity index (χ2v) is 8.50. The van der Waals surface area contributed by atoms with E-state index >= 15 is 0 Å². The molecule has 8 heteroatoms. The number of phenols is 1. The first-order chi connectivity index (χ1) is 15.3. The summed E-state index contributed by atoms with van der Waals surface area (Å²) in [7, 11) is -4.42. The number of amidine groups is 1. The molecular formula is C24H21N2O5P. The normalized spacial score (nSPS) is 12.9. The molecule has 0 saturated heterocycles. The number of aromatic hydroxyl groups is 1. The summed E-state index contributed by atoms with van der Waals surface area (Å²) in [5.74, 6) is -0.392. The van der Waals surface area contributed by atoms with Crippen LogP contribution in [0.25, 0.3) is 21.9 Å². The van der Waals surface area contributed by atoms with Crippen LogP contribution in [0.4, 0.5) is 0 Å². The molecule has 32 heavy (non-hydrogen) atoms. The van der Waals surface area contributed by atoms with Crippen molar-refractivity contribution in [1.29, 1.82) is 5.41 Å². The van der Waals surface area contributed by atoms with Crippen LogP contribution in [0.15, 0.2) is 84.9 Å². The molecule has 162 valence electrons. The lowest BCUT2D eigenvalue weighted by molar-refractivity contribution is 0.193. The first kappa shape index (κ1) is 21.6. The number of hydrogen-bond acceptors (Lipinski definition) is 5. The molecule has 1 unspecified atom stereocenters. The van der Waals surface area contributed by atoms with E-state index < -0.39 is 7.82 Å². The zero-order valence-electron chi connectivity index (χ0n) is 16.9. The maximum atomic E-state index is 12.2. The fourth-order valence-corrected chi connectivity index (χ4v) is 4.20. The smallest absolute Gasteiger partial charge is 0.504 e. The summed E-state index contributed by atoms with van der Waals surface area (Å²) >= 11 is 0. The Kier molecular flexibility index (Phi) is 5.97. The number of nitrogens with two attached hydrogens (primary N) is 1. The van der Waals surface area contributed by atoms with Crippen molar-refractivity contribution >= 4 is 24.4 Å². The maximum Gasteiger partial charge on any atom is 0.527 e. The van der Waals surface area contributed by atoms with Crippen LogP contribution in [0.5, 0.6) is 11.5 Å². The minimum Gasteiger partial charge on any atom is -0.504 e. The summed E-state index contributed by atoms with van der Waals surface area (Å²) in [4.78, 5) is 9.96. The van der Waals surface area contributed by atoms with Crippen LogP contribution in [0.3, 0.4) is 0 Å². The Hall–Kier alpha value is -3.64. The number of rotatable bonds is 7. The van der Waals surface area contributed by atoms with E-state index in [1.54, 1.807) is 24.3 Å². The van der Waals surface area contributed by atoms with Crippen molar-refractivity contribution in [1.82, 2.24) is 0 Å². The van der Waals surface area contributed by atoms with Gasteiger partial charge in [0, 0.05) is 10.9 Å². The van der Waals surface area contributed by atoms with Crippen LogP contribution in [0, 0.1) is 5.41 Å². The van der Waals surface area contributed by atoms with Crippen molar-refractivity contribution in [3.8, 4) is 22.6 Å². The summed E-state index contributed by atoms with van der Waals surface area (Å²) in [6.45, 7) is -0.157. The highest BCUT2D eigenvalue weighted by Crippen LogP contribution is 2.47. The highest BCUT2D eigenvalue weighted by molar-refractivity contribution is 7.47. The van der Waals surface area contributed by atoms with Gasteiger partial charge in [-0.1, -0.05) is 72.8 Å². The Morgan fingerprint density at radius 2 is 1.62 bits per heavy atom. The van der Waals surface area contributed by atoms with E-state index in [2.05, 4.69) is 0 Å². The van der Waals surface area contributed by atoms with Gasteiger partial charge in [0.1, 0.15) is 5.84 Å². The average Bonchev–Trinajstić information content (AvgIpc) is 2.79. The van der Waals surface area contributed by atoms with Crippen LogP contribution in [0.1, 0.15) is 11.1 Å². The molecule has 4 aromatic carbocycles. The number of benzene rings is 4. The van der Waals surface area contributed by atoms with Crippen molar-refractivity contribution < 1.29 is 23.6 Å². The Morgan fingerprint density at radius 3 is 2.31 bits per heavy atom. The molecule has 0 aliphatic rings. The zero-order valence-corrected chi connectivity index (χ0v) is 17.8. The number of nitrogen functional groups attached to an aromatic ring is 1. The van der Waals surface area contributed by atoms with E-state index in [-0.39, 0.29) is 23.9 Å². The second kappa shape index (κ2) is 8.85. The molecule has 0 radical (unpaired) electrons. The molecule has 5 N–H and O–H groups in total. The molecule has 7 nitrogen and oxygen atoms in total. The third kappa shape index (κ3) is 4.65. The van der Waals surface area contributed by atoms with Gasteiger partial charge < -0.3 is 15.4 Å². The molecule has 4 rings (SSSR count). The van der Waals surface area contributed by atoms with Gasteiger partial charge in [0.25, 0.3) is 0 Å². The van der Waals surface area contributed by atoms with Gasteiger partial charge in [-0.3, -0.25) is 14.8 Å². The fraction of sp³-hybridized carbons (Fsp3) is 0.0417. The lowest BCUT2D eigenvalue weighted by Crippen LogP contribution is -2.11. The van der Waals surface area contributed by atoms with Gasteiger partial charge in [-0.25, -0.2) is 4.57 Å². The summed E-state index contributed by atoms with van der Waals surface area (Å²) in [6, 6.07) is 24.7. The summed E-state index contributed by atoms with van der Waals surface area (Å²) in [5, 5.41) is 19.5. The Bertz CT molecular complexity index is 1330. The fourth-order valence-electron chi connectivity index (χ4n) is 3.43. The van der Waals surface area contributed by atoms with Crippen LogP contribution in [-0.2, 0) is 15.7 Å². The van der Waals surface area contributed by atoms with Gasteiger partial charge in [0.05, 0.1) is 6.61 Å². The number of hydrogen-bond donors (Lipinski definition) is 4. The third-order valence-electron chi connectivity index (χ3n) is 4.93. The topological polar surface area (TPSA) is 126 Å². The SMILES string of the molecule is N=C(N)c1cccc2cccc(-c3ccc(COP(=O)(O)Oc4ccccc4O)cc3)c12. The van der Waals surface area contributed by atoms with Crippen molar-refractivity contribution in [2.24, 2.45) is 5.73 Å². The van der Waals surface area contributed by atoms with E-state index in [0.29, 0.717) is 11.1 Å². The molecule has 0 saturated carbocycles. The molecule has 0 fully saturated rings. The molecule has 0 amide bonds. The van der Waals surface area contributed by atoms with Gasteiger partial charge in [-0.05, 0) is 34.2 Å². The summed E-state index contributed by atoms with van der Waals surface area (Å²) < 4.78 is 22.2. The predicted molar refractivity (Wildman–Crippen MR) is 124 cm³/mol. The number of nitrogens with one attached hydrogen (secondary N) is 1. The summed E-state index contributed by atoms with van der Waals surface area (Å²) in [6.07, 6.45) is 0. The lowest BCUT2D eigenvalue weighted by atomic mass is 9.94. The minimum atomic E-state index is -4.42. The molecule has 1 atom stereocenters. The van der Waals surface area contributed by atoms with Crippen LogP contribution in [0.2, 0.25) is 0 Å². The Labute approximate surface area is 184 Å². The Balaban J connectivity index is 1.54. The Morgan fingerprint density at radius 1 is 0.938 bits per heavy atom. The van der Waals surface area contributed by atoms with Crippen LogP contribution >= 0.6 is 7.82 Å². The van der Waals surface area contributed by atoms with Gasteiger partial charge in [-0.15, -0.1) is 0 Å². The zero-order chi connectivity index (χ0) is 22.7. The van der Waals surface area contributed by atoms with Gasteiger partial charge in [0.15, 0.2) is 11.5 Å². The quantitative estimate of drug-likeness (QED) is 0.175. The number of fused-ring (bicyclic) bond motifs is 1. The van der Waals surface area contributed by atoms with Gasteiger partial charge in [-0.2, -0.15) is 0 Å². The monoisotopic (exact) mass is 448 g/mol. The van der Waals surface area contributed by atoms with Crippen molar-refractivity contribution in [2.75, 3.05) is 0 Å². The molecule has 4 aromatic rings. The molecule has 0 aliphatic carbocycles. The molecule has 0 aromatic heterocycles. The predicted octanol–water partition coefficient (Wildman–Crippen LogP) is 5.19. The highest BCUT2D eigenvalue weighted by atomic mass is 31.2. The molecule has 0 aliphatic heterocycles. The van der Waals surface area contributed by atoms with Crippen molar-refractivity contribution in [3.05, 3.63) is 96.1 Å². The average molecular weight is 448 g/mol. The molecular weight excluding hydrogens is 427 g/mol. The number of phosphoric acid groups is 1. The molecule has 0 heterocycles. The lowest BCUT2D eigenvalue weighted by Gasteiger charge is -2.14. The summed E-state index contributed by atoms with van der Waals surface area (Å²) in [5.41, 5.74) is 8.94. The number of phenolic OH excluding ortho intramolecular Hbond substituents is 1. The number of para-hydroxylation sites is 2. The van der Waals surface area contributed by atoms with E-state index in [0.717, 1.165) is 21.9 Å². The second-order valence-electron chi connectivity index (χ2n) is 7.12. The van der Waals surface area contributed by atoms with E-state index in [4.69, 9.17) is 20.2 Å². The standard InChI is InChI=1S/C24H21N2O5P/c25-24(26)20-8-4-6-18-5-3-7-19(23(18)20)17-13-11-16(12-14-17)15-30-32(28,29)31-22-10-2-1-9-21(22)27/h1-14,27H,15H2,(H3,25,26)(H,28,29). The molecule has 0 bridgehead atoms. The number of phosphoric ester groups is 1. The van der Waals surface area contributed by atoms with Crippen LogP contribution in [-0.4, -0.2) is 15.8 Å². The van der Waals surface area contributed by atoms with E-state index in [1.807, 2.05) is 48.5 Å². The third-order valence-corrected chi connectivity index (χ3v) is 5.82.